The number of nitrogen functional groups attached to an aromatic ring is 1. The molecule has 0 saturated heterocycles. The molecule has 17 heavy (non-hydrogen) atoms. The molecule has 7 heteroatoms. The molecule has 0 spiro atoms. The molecule has 2 heterocycles. The summed E-state index contributed by atoms with van der Waals surface area (Å²) in [5, 5.41) is 6.94. The zero-order valence-corrected chi connectivity index (χ0v) is 11.1. The second-order valence-corrected chi connectivity index (χ2v) is 5.08. The van der Waals surface area contributed by atoms with Gasteiger partial charge in [0.25, 0.3) is 0 Å². The van der Waals surface area contributed by atoms with E-state index < -0.39 is 0 Å². The Kier molecular flexibility index (Phi) is 4.04. The summed E-state index contributed by atoms with van der Waals surface area (Å²) in [6, 6.07) is 1.58. The van der Waals surface area contributed by atoms with Gasteiger partial charge in [0.05, 0.1) is 15.1 Å². The normalized spacial score (nSPS) is 10.5. The summed E-state index contributed by atoms with van der Waals surface area (Å²) in [4.78, 5) is 8.26. The fourth-order valence-corrected chi connectivity index (χ4v) is 2.31. The number of hydrogen-bond acceptors (Lipinski definition) is 5. The van der Waals surface area contributed by atoms with Crippen molar-refractivity contribution in [3.8, 4) is 0 Å². The minimum absolute atomic E-state index is 0.271. The van der Waals surface area contributed by atoms with E-state index in [-0.39, 0.29) is 5.82 Å². The van der Waals surface area contributed by atoms with Crippen molar-refractivity contribution in [1.29, 1.82) is 0 Å². The Morgan fingerprint density at radius 2 is 2.18 bits per heavy atom. The number of halogens is 2. The Hall–Kier alpha value is -1.04. The summed E-state index contributed by atoms with van der Waals surface area (Å²) in [7, 11) is 0. The third kappa shape index (κ3) is 3.21. The van der Waals surface area contributed by atoms with Gasteiger partial charge in [0.1, 0.15) is 11.6 Å². The molecule has 0 bridgehead atoms. The first-order valence-electron chi connectivity index (χ1n) is 4.90. The molecule has 0 aliphatic heterocycles. The Morgan fingerprint density at radius 1 is 1.35 bits per heavy atom. The Bertz CT molecular complexity index is 501. The molecule has 4 nitrogen and oxygen atoms in total. The van der Waals surface area contributed by atoms with Gasteiger partial charge in [0.2, 0.25) is 0 Å². The Labute approximate surface area is 113 Å². The number of nitrogens with one attached hydrogen (secondary N) is 1. The molecule has 0 aliphatic rings. The zero-order chi connectivity index (χ0) is 12.3. The molecule has 0 aliphatic carbocycles. The molecular weight excluding hydrogens is 279 g/mol. The lowest BCUT2D eigenvalue weighted by molar-refractivity contribution is 0.988. The summed E-state index contributed by atoms with van der Waals surface area (Å²) < 4.78 is 0. The van der Waals surface area contributed by atoms with Gasteiger partial charge in [-0.15, -0.1) is 11.3 Å². The van der Waals surface area contributed by atoms with E-state index in [4.69, 9.17) is 28.9 Å². The van der Waals surface area contributed by atoms with Gasteiger partial charge in [0.15, 0.2) is 0 Å². The van der Waals surface area contributed by atoms with Crippen LogP contribution in [0.15, 0.2) is 17.6 Å². The number of aromatic nitrogens is 2. The first kappa shape index (κ1) is 12.4. The maximum absolute atomic E-state index is 5.98. The van der Waals surface area contributed by atoms with E-state index in [1.54, 1.807) is 23.6 Å². The highest BCUT2D eigenvalue weighted by Gasteiger charge is 2.06. The van der Waals surface area contributed by atoms with Crippen molar-refractivity contribution in [3.63, 3.8) is 0 Å². The third-order valence-electron chi connectivity index (χ3n) is 2.07. The lowest BCUT2D eigenvalue weighted by Gasteiger charge is -2.08. The number of hydrogen-bond donors (Lipinski definition) is 2. The minimum atomic E-state index is 0.271. The maximum Gasteiger partial charge on any atom is 0.147 e. The molecule has 0 atom stereocenters. The quantitative estimate of drug-likeness (QED) is 0.908. The van der Waals surface area contributed by atoms with Crippen molar-refractivity contribution in [2.45, 2.75) is 6.42 Å². The van der Waals surface area contributed by atoms with Crippen LogP contribution in [-0.2, 0) is 6.42 Å². The summed E-state index contributed by atoms with van der Waals surface area (Å²) in [6.07, 6.45) is 2.60. The van der Waals surface area contributed by atoms with E-state index >= 15 is 0 Å². The Morgan fingerprint density at radius 3 is 2.88 bits per heavy atom. The molecule has 3 N–H and O–H groups in total. The van der Waals surface area contributed by atoms with Crippen molar-refractivity contribution in [1.82, 2.24) is 9.97 Å². The summed E-state index contributed by atoms with van der Waals surface area (Å²) in [5.74, 6) is 0.818. The second kappa shape index (κ2) is 5.53. The van der Waals surface area contributed by atoms with E-state index in [1.165, 1.54) is 0 Å². The van der Waals surface area contributed by atoms with Gasteiger partial charge < -0.3 is 11.1 Å². The van der Waals surface area contributed by atoms with Gasteiger partial charge in [-0.25, -0.2) is 9.97 Å². The Balaban J connectivity index is 1.97. The van der Waals surface area contributed by atoms with Crippen LogP contribution in [0.25, 0.3) is 0 Å². The molecule has 0 fully saturated rings. The van der Waals surface area contributed by atoms with Crippen LogP contribution in [0.2, 0.25) is 10.0 Å². The highest BCUT2D eigenvalue weighted by atomic mass is 35.5. The monoisotopic (exact) mass is 288 g/mol. The molecule has 2 rings (SSSR count). The van der Waals surface area contributed by atoms with Gasteiger partial charge in [-0.2, -0.15) is 0 Å². The van der Waals surface area contributed by atoms with Gasteiger partial charge in [-0.05, 0) is 6.07 Å². The van der Waals surface area contributed by atoms with E-state index in [9.17, 15) is 0 Å². The molecule has 0 aromatic carbocycles. The molecule has 2 aromatic heterocycles. The molecule has 90 valence electrons. The first-order chi connectivity index (χ1) is 8.16. The van der Waals surface area contributed by atoms with Crippen LogP contribution in [0.3, 0.4) is 0 Å². The van der Waals surface area contributed by atoms with Crippen LogP contribution in [0.5, 0.6) is 0 Å². The molecule has 0 saturated carbocycles. The zero-order valence-electron chi connectivity index (χ0n) is 8.78. The van der Waals surface area contributed by atoms with Gasteiger partial charge in [-0.3, -0.25) is 0 Å². The van der Waals surface area contributed by atoms with Crippen molar-refractivity contribution in [2.24, 2.45) is 0 Å². The topological polar surface area (TPSA) is 63.8 Å². The standard InChI is InChI=1S/C10H10Cl2N4S/c11-6-5-7(12)10(16-9(6)13)15-2-1-8-14-3-4-17-8/h3-5H,1-2H2,(H3,13,15,16). The molecule has 0 radical (unpaired) electrons. The largest absolute Gasteiger partial charge is 0.382 e. The fourth-order valence-electron chi connectivity index (χ4n) is 1.27. The van der Waals surface area contributed by atoms with E-state index in [2.05, 4.69) is 15.3 Å². The number of nitrogens with two attached hydrogens (primary N) is 1. The van der Waals surface area contributed by atoms with Crippen molar-refractivity contribution >= 4 is 46.2 Å². The lowest BCUT2D eigenvalue weighted by Crippen LogP contribution is -2.07. The number of rotatable bonds is 4. The number of nitrogens with zero attached hydrogens (tertiary/aromatic N) is 2. The first-order valence-corrected chi connectivity index (χ1v) is 6.54. The maximum atomic E-state index is 5.98. The van der Waals surface area contributed by atoms with Crippen LogP contribution in [0.1, 0.15) is 5.01 Å². The highest BCUT2D eigenvalue weighted by Crippen LogP contribution is 2.27. The number of anilines is 2. The average molecular weight is 289 g/mol. The number of pyridine rings is 1. The van der Waals surface area contributed by atoms with Crippen molar-refractivity contribution in [2.75, 3.05) is 17.6 Å². The summed E-state index contributed by atoms with van der Waals surface area (Å²) in [5.41, 5.74) is 5.60. The van der Waals surface area contributed by atoms with E-state index in [0.717, 1.165) is 11.4 Å². The predicted octanol–water partition coefficient (Wildman–Crippen LogP) is 3.08. The van der Waals surface area contributed by atoms with E-state index in [0.29, 0.717) is 22.4 Å². The minimum Gasteiger partial charge on any atom is -0.382 e. The average Bonchev–Trinajstić information content (AvgIpc) is 2.78. The van der Waals surface area contributed by atoms with Crippen LogP contribution >= 0.6 is 34.5 Å². The fraction of sp³-hybridized carbons (Fsp3) is 0.200. The highest BCUT2D eigenvalue weighted by molar-refractivity contribution is 7.09. The van der Waals surface area contributed by atoms with Crippen LogP contribution in [0, 0.1) is 0 Å². The van der Waals surface area contributed by atoms with Crippen molar-refractivity contribution < 1.29 is 0 Å². The van der Waals surface area contributed by atoms with Gasteiger partial charge >= 0.3 is 0 Å². The SMILES string of the molecule is Nc1nc(NCCc2nccs2)c(Cl)cc1Cl. The van der Waals surface area contributed by atoms with Crippen LogP contribution in [-0.4, -0.2) is 16.5 Å². The van der Waals surface area contributed by atoms with Gasteiger partial charge in [-0.1, -0.05) is 23.2 Å². The molecule has 0 unspecified atom stereocenters. The second-order valence-electron chi connectivity index (χ2n) is 3.29. The van der Waals surface area contributed by atoms with Crippen LogP contribution < -0.4 is 11.1 Å². The van der Waals surface area contributed by atoms with Crippen LogP contribution in [0.4, 0.5) is 11.6 Å². The predicted molar refractivity (Wildman–Crippen MR) is 73.0 cm³/mol. The summed E-state index contributed by atoms with van der Waals surface area (Å²) >= 11 is 13.4. The molecule has 0 amide bonds. The molecular formula is C10H10Cl2N4S. The third-order valence-corrected chi connectivity index (χ3v) is 3.50. The van der Waals surface area contributed by atoms with E-state index in [1.807, 2.05) is 5.38 Å². The smallest absolute Gasteiger partial charge is 0.147 e. The summed E-state index contributed by atoms with van der Waals surface area (Å²) in [6.45, 7) is 0.696. The molecule has 2 aromatic rings. The van der Waals surface area contributed by atoms with Crippen molar-refractivity contribution in [3.05, 3.63) is 32.7 Å². The number of thiazole rings is 1. The van der Waals surface area contributed by atoms with Gasteiger partial charge in [0, 0.05) is 24.5 Å². The lowest BCUT2D eigenvalue weighted by atomic mass is 10.4.